The molecular weight excluding hydrogens is 395 g/mol. The van der Waals surface area contributed by atoms with Crippen LogP contribution >= 0.6 is 7.26 Å². The van der Waals surface area contributed by atoms with E-state index in [1.165, 1.54) is 21.8 Å². The maximum absolute atomic E-state index is 12.5. The van der Waals surface area contributed by atoms with Gasteiger partial charge in [-0.2, -0.15) is 0 Å². The van der Waals surface area contributed by atoms with Crippen molar-refractivity contribution in [3.05, 3.63) is 95.6 Å². The second kappa shape index (κ2) is 9.49. The van der Waals surface area contributed by atoms with Gasteiger partial charge in [0, 0.05) is 0 Å². The fourth-order valence-corrected chi connectivity index (χ4v) is 8.38. The summed E-state index contributed by atoms with van der Waals surface area (Å²) in [7, 11) is -1.87. The number of carbonyl (C=O) groups excluding carboxylic acids is 1. The number of hydrogen-bond acceptors (Lipinski definition) is 1. The summed E-state index contributed by atoms with van der Waals surface area (Å²) in [4.78, 5) is 12.5. The van der Waals surface area contributed by atoms with Gasteiger partial charge in [0.15, 0.2) is 0 Å². The quantitative estimate of drug-likeness (QED) is 0.378. The maximum atomic E-state index is 12.5. The molecule has 1 nitrogen and oxygen atoms in total. The molecule has 0 aliphatic heterocycles. The summed E-state index contributed by atoms with van der Waals surface area (Å²) < 4.78 is 0. The SMILES string of the molecule is CC1=C(/C=C/C(C)=C/C[PH](C)(c2ccccc2)c2ccccc2)C(C)(C)CC(C)C1=O. The van der Waals surface area contributed by atoms with Crippen LogP contribution in [-0.2, 0) is 4.79 Å². The normalized spacial score (nSPS) is 20.4. The van der Waals surface area contributed by atoms with Crippen LogP contribution in [0.1, 0.15) is 41.0 Å². The van der Waals surface area contributed by atoms with E-state index in [0.717, 1.165) is 18.2 Å². The van der Waals surface area contributed by atoms with Crippen molar-refractivity contribution in [2.24, 2.45) is 11.3 Å². The first kappa shape index (κ1) is 23.4. The number of hydrogen-bond donors (Lipinski definition) is 0. The fourth-order valence-electron chi connectivity index (χ4n) is 4.99. The number of carbonyl (C=O) groups is 1. The molecule has 0 bridgehead atoms. The molecule has 0 N–H and O–H groups in total. The first-order chi connectivity index (χ1) is 14.6. The molecular formula is C29H37OP. The third-order valence-electron chi connectivity index (χ3n) is 6.93. The van der Waals surface area contributed by atoms with Gasteiger partial charge >= 0.3 is 189 Å². The summed E-state index contributed by atoms with van der Waals surface area (Å²) >= 11 is 0. The zero-order valence-corrected chi connectivity index (χ0v) is 20.9. The van der Waals surface area contributed by atoms with Gasteiger partial charge in [-0.1, -0.05) is 0 Å². The number of Topliss-reactive ketones (excluding diaryl/α,β-unsaturated/α-hetero) is 1. The standard InChI is InChI=1S/C29H37OP/c1-22(17-18-27-24(3)28(30)23(2)21-29(27,4)5)19-20-31(6,25-13-9-7-10-14-25)26-15-11-8-12-16-26/h7-19,23,31H,20-21H2,1-6H3/b18-17+,22-19+. The van der Waals surface area contributed by atoms with Crippen molar-refractivity contribution in [3.63, 3.8) is 0 Å². The first-order valence-electron chi connectivity index (χ1n) is 11.4. The molecule has 0 fully saturated rings. The average Bonchev–Trinajstić information content (AvgIpc) is 2.76. The number of rotatable bonds is 6. The number of ketones is 1. The topological polar surface area (TPSA) is 17.1 Å². The van der Waals surface area contributed by atoms with Crippen molar-refractivity contribution in [2.45, 2.75) is 41.0 Å². The Balaban J connectivity index is 1.89. The van der Waals surface area contributed by atoms with Gasteiger partial charge in [0.2, 0.25) is 0 Å². The van der Waals surface area contributed by atoms with Crippen molar-refractivity contribution in [1.29, 1.82) is 0 Å². The molecule has 0 saturated heterocycles. The molecule has 0 saturated carbocycles. The van der Waals surface area contributed by atoms with Crippen molar-refractivity contribution < 1.29 is 4.79 Å². The average molecular weight is 433 g/mol. The first-order valence-corrected chi connectivity index (χ1v) is 14.1. The second-order valence-corrected chi connectivity index (χ2v) is 14.2. The summed E-state index contributed by atoms with van der Waals surface area (Å²) in [5, 5.41) is 2.92. The Labute approximate surface area is 189 Å². The molecule has 2 heteroatoms. The minimum atomic E-state index is -1.87. The van der Waals surface area contributed by atoms with Crippen LogP contribution in [0.3, 0.4) is 0 Å². The Morgan fingerprint density at radius 3 is 2.06 bits per heavy atom. The number of allylic oxidation sites excluding steroid dienone is 6. The van der Waals surface area contributed by atoms with Crippen molar-refractivity contribution in [2.75, 3.05) is 12.8 Å². The van der Waals surface area contributed by atoms with E-state index < -0.39 is 7.26 Å². The van der Waals surface area contributed by atoms with Crippen molar-refractivity contribution in [1.82, 2.24) is 0 Å². The molecule has 1 atom stereocenters. The molecule has 0 amide bonds. The van der Waals surface area contributed by atoms with E-state index in [-0.39, 0.29) is 11.3 Å². The van der Waals surface area contributed by atoms with Crippen molar-refractivity contribution >= 4 is 23.7 Å². The third kappa shape index (κ3) is 5.16. The molecule has 31 heavy (non-hydrogen) atoms. The Hall–Kier alpha value is -2.24. The van der Waals surface area contributed by atoms with Crippen LogP contribution in [0.2, 0.25) is 0 Å². The van der Waals surface area contributed by atoms with E-state index in [4.69, 9.17) is 0 Å². The zero-order valence-electron chi connectivity index (χ0n) is 19.9. The summed E-state index contributed by atoms with van der Waals surface area (Å²) in [6, 6.07) is 21.9. The van der Waals surface area contributed by atoms with Gasteiger partial charge in [-0.05, 0) is 0 Å². The molecule has 1 aliphatic carbocycles. The molecule has 0 aromatic heterocycles. The Morgan fingerprint density at radius 2 is 1.55 bits per heavy atom. The number of benzene rings is 2. The Bertz CT molecular complexity index is 970. The minimum absolute atomic E-state index is 0.0333. The van der Waals surface area contributed by atoms with Crippen LogP contribution in [0.4, 0.5) is 0 Å². The van der Waals surface area contributed by atoms with Crippen molar-refractivity contribution in [3.8, 4) is 0 Å². The second-order valence-electron chi connectivity index (χ2n) is 9.94. The monoisotopic (exact) mass is 432 g/mol. The zero-order chi connectivity index (χ0) is 22.6. The van der Waals surface area contributed by atoms with Gasteiger partial charge in [-0.3, -0.25) is 0 Å². The predicted octanol–water partition coefficient (Wildman–Crippen LogP) is 6.47. The Kier molecular flexibility index (Phi) is 7.17. The van der Waals surface area contributed by atoms with Crippen LogP contribution in [-0.4, -0.2) is 18.6 Å². The molecule has 0 spiro atoms. The van der Waals surface area contributed by atoms with Gasteiger partial charge in [-0.25, -0.2) is 0 Å². The molecule has 3 rings (SSSR count). The van der Waals surface area contributed by atoms with E-state index in [1.807, 2.05) is 6.92 Å². The molecule has 1 unspecified atom stereocenters. The van der Waals surface area contributed by atoms with Crippen LogP contribution in [0.15, 0.2) is 95.6 Å². The summed E-state index contributed by atoms with van der Waals surface area (Å²) in [5.41, 5.74) is 3.41. The predicted molar refractivity (Wildman–Crippen MR) is 139 cm³/mol. The molecule has 1 aliphatic rings. The molecule has 2 aromatic rings. The molecule has 0 radical (unpaired) electrons. The molecule has 0 heterocycles. The molecule has 164 valence electrons. The van der Waals surface area contributed by atoms with Gasteiger partial charge in [0.1, 0.15) is 0 Å². The summed E-state index contributed by atoms with van der Waals surface area (Å²) in [5.74, 6) is 0.418. The van der Waals surface area contributed by atoms with E-state index in [9.17, 15) is 4.79 Å². The fraction of sp³-hybridized carbons (Fsp3) is 0.345. The molecule has 2 aromatic carbocycles. The Morgan fingerprint density at radius 1 is 1.03 bits per heavy atom. The van der Waals surface area contributed by atoms with E-state index >= 15 is 0 Å². The van der Waals surface area contributed by atoms with E-state index in [2.05, 4.69) is 113 Å². The van der Waals surface area contributed by atoms with E-state index in [1.54, 1.807) is 0 Å². The summed E-state index contributed by atoms with van der Waals surface area (Å²) in [6.45, 7) is 13.2. The van der Waals surface area contributed by atoms with Crippen LogP contribution in [0, 0.1) is 11.3 Å². The van der Waals surface area contributed by atoms with Gasteiger partial charge in [-0.15, -0.1) is 0 Å². The van der Waals surface area contributed by atoms with Gasteiger partial charge in [0.05, 0.1) is 0 Å². The van der Waals surface area contributed by atoms with Crippen LogP contribution in [0.5, 0.6) is 0 Å². The van der Waals surface area contributed by atoms with Crippen LogP contribution < -0.4 is 10.6 Å². The summed E-state index contributed by atoms with van der Waals surface area (Å²) in [6.07, 6.45) is 8.75. The van der Waals surface area contributed by atoms with Gasteiger partial charge < -0.3 is 0 Å². The van der Waals surface area contributed by atoms with Gasteiger partial charge in [0.25, 0.3) is 0 Å². The third-order valence-corrected chi connectivity index (χ3v) is 11.2. The van der Waals surface area contributed by atoms with E-state index in [0.29, 0.717) is 5.78 Å². The van der Waals surface area contributed by atoms with Crippen LogP contribution in [0.25, 0.3) is 0 Å².